The van der Waals surface area contributed by atoms with E-state index in [0.717, 1.165) is 41.7 Å². The van der Waals surface area contributed by atoms with Crippen LogP contribution in [0, 0.1) is 5.92 Å². The Morgan fingerprint density at radius 3 is 2.81 bits per heavy atom. The van der Waals surface area contributed by atoms with Crippen molar-refractivity contribution in [1.29, 1.82) is 0 Å². The first-order valence-electron chi connectivity index (χ1n) is 9.43. The fraction of sp³-hybridized carbons (Fsp3) is 0.550. The Morgan fingerprint density at radius 2 is 2.04 bits per heavy atom. The lowest BCUT2D eigenvalue weighted by Gasteiger charge is -2.27. The summed E-state index contributed by atoms with van der Waals surface area (Å²) in [6, 6.07) is 7.31. The molecule has 4 amide bonds. The molecule has 1 atom stereocenters. The number of amides is 4. The summed E-state index contributed by atoms with van der Waals surface area (Å²) < 4.78 is 0. The van der Waals surface area contributed by atoms with Gasteiger partial charge in [-0.15, -0.1) is 0 Å². The van der Waals surface area contributed by atoms with Gasteiger partial charge in [0.2, 0.25) is 5.91 Å². The number of urea groups is 1. The van der Waals surface area contributed by atoms with Crippen LogP contribution < -0.4 is 10.6 Å². The van der Waals surface area contributed by atoms with Gasteiger partial charge in [-0.25, -0.2) is 4.79 Å². The predicted molar refractivity (Wildman–Crippen MR) is 98.4 cm³/mol. The van der Waals surface area contributed by atoms with E-state index in [9.17, 15) is 14.4 Å². The number of nitrogens with one attached hydrogen (secondary N) is 2. The molecular formula is C20H27N3O3. The second-order valence-electron chi connectivity index (χ2n) is 7.62. The van der Waals surface area contributed by atoms with E-state index in [-0.39, 0.29) is 18.4 Å². The fourth-order valence-corrected chi connectivity index (χ4v) is 3.82. The number of fused-ring (bicyclic) bond motifs is 2. The third-order valence-electron chi connectivity index (χ3n) is 5.25. The molecule has 1 aliphatic carbocycles. The monoisotopic (exact) mass is 357 g/mol. The van der Waals surface area contributed by atoms with Crippen molar-refractivity contribution < 1.29 is 14.4 Å². The van der Waals surface area contributed by atoms with Crippen LogP contribution in [0.15, 0.2) is 24.3 Å². The number of hydrogen-bond donors (Lipinski definition) is 2. The van der Waals surface area contributed by atoms with Gasteiger partial charge in [0.25, 0.3) is 5.91 Å². The van der Waals surface area contributed by atoms with Crippen LogP contribution in [0.3, 0.4) is 0 Å². The van der Waals surface area contributed by atoms with E-state index in [1.54, 1.807) is 0 Å². The molecule has 26 heavy (non-hydrogen) atoms. The Labute approximate surface area is 154 Å². The third-order valence-corrected chi connectivity index (χ3v) is 5.25. The molecule has 2 aliphatic rings. The lowest BCUT2D eigenvalue weighted by atomic mass is 9.84. The van der Waals surface area contributed by atoms with E-state index in [4.69, 9.17) is 0 Å². The minimum atomic E-state index is -1.03. The van der Waals surface area contributed by atoms with E-state index in [1.165, 1.54) is 0 Å². The van der Waals surface area contributed by atoms with Gasteiger partial charge in [-0.3, -0.25) is 14.5 Å². The molecule has 6 nitrogen and oxygen atoms in total. The number of imide groups is 1. The average Bonchev–Trinajstić information content (AvgIpc) is 2.74. The van der Waals surface area contributed by atoms with Crippen LogP contribution in [0.5, 0.6) is 0 Å². The van der Waals surface area contributed by atoms with Crippen LogP contribution >= 0.6 is 0 Å². The summed E-state index contributed by atoms with van der Waals surface area (Å²) in [5.74, 6) is -0.123. The van der Waals surface area contributed by atoms with Crippen LogP contribution in [-0.2, 0) is 21.5 Å². The van der Waals surface area contributed by atoms with E-state index in [1.807, 2.05) is 24.3 Å². The Balaban J connectivity index is 1.78. The van der Waals surface area contributed by atoms with Gasteiger partial charge in [0, 0.05) is 6.54 Å². The minimum Gasteiger partial charge on any atom is -0.355 e. The molecule has 1 fully saturated rings. The fourth-order valence-electron chi connectivity index (χ4n) is 3.82. The predicted octanol–water partition coefficient (Wildman–Crippen LogP) is 2.32. The zero-order chi connectivity index (χ0) is 18.7. The third kappa shape index (κ3) is 3.45. The number of nitrogens with zero attached hydrogens (tertiary/aromatic N) is 1. The van der Waals surface area contributed by atoms with Gasteiger partial charge in [0.1, 0.15) is 12.1 Å². The molecule has 2 N–H and O–H groups in total. The van der Waals surface area contributed by atoms with Gasteiger partial charge in [-0.05, 0) is 49.1 Å². The first kappa shape index (κ1) is 18.4. The number of aryl methyl sites for hydroxylation is 1. The van der Waals surface area contributed by atoms with E-state index < -0.39 is 11.6 Å². The number of carbonyl (C=O) groups excluding carboxylic acids is 3. The molecule has 0 radical (unpaired) electrons. The Bertz CT molecular complexity index is 716. The van der Waals surface area contributed by atoms with Crippen molar-refractivity contribution in [3.63, 3.8) is 0 Å². The smallest absolute Gasteiger partial charge is 0.325 e. The summed E-state index contributed by atoms with van der Waals surface area (Å²) in [7, 11) is 0. The zero-order valence-electron chi connectivity index (χ0n) is 15.5. The summed E-state index contributed by atoms with van der Waals surface area (Å²) in [4.78, 5) is 38.9. The van der Waals surface area contributed by atoms with E-state index >= 15 is 0 Å². The van der Waals surface area contributed by atoms with Crippen molar-refractivity contribution in [3.8, 4) is 0 Å². The highest BCUT2D eigenvalue weighted by molar-refractivity contribution is 6.09. The van der Waals surface area contributed by atoms with Crippen molar-refractivity contribution in [1.82, 2.24) is 15.5 Å². The molecule has 1 spiro atoms. The van der Waals surface area contributed by atoms with Gasteiger partial charge in [-0.1, -0.05) is 38.1 Å². The van der Waals surface area contributed by atoms with Gasteiger partial charge in [-0.2, -0.15) is 0 Å². The van der Waals surface area contributed by atoms with Crippen LogP contribution in [0.25, 0.3) is 0 Å². The minimum absolute atomic E-state index is 0.229. The SMILES string of the molecule is CC(C)CCNC(=O)CN1C(=O)NC2(CCCCc3ccccc32)C1=O. The highest BCUT2D eigenvalue weighted by atomic mass is 16.2. The quantitative estimate of drug-likeness (QED) is 0.794. The summed E-state index contributed by atoms with van der Waals surface area (Å²) in [5, 5.41) is 5.69. The molecule has 1 aromatic carbocycles. The zero-order valence-corrected chi connectivity index (χ0v) is 15.5. The van der Waals surface area contributed by atoms with Crippen LogP contribution in [-0.4, -0.2) is 35.8 Å². The maximum atomic E-state index is 13.2. The van der Waals surface area contributed by atoms with Crippen LogP contribution in [0.1, 0.15) is 50.7 Å². The van der Waals surface area contributed by atoms with Crippen molar-refractivity contribution in [2.45, 2.75) is 51.5 Å². The van der Waals surface area contributed by atoms with Crippen molar-refractivity contribution >= 4 is 17.8 Å². The normalized spacial score (nSPS) is 22.3. The van der Waals surface area contributed by atoms with Crippen molar-refractivity contribution in [3.05, 3.63) is 35.4 Å². The standard InChI is InChI=1S/C20H27N3O3/c1-14(2)10-12-21-17(24)13-23-18(25)20(22-19(23)26)11-6-5-8-15-7-3-4-9-16(15)20/h3-4,7,9,14H,5-6,8,10-13H2,1-2H3,(H,21,24)(H,22,26). The average molecular weight is 357 g/mol. The second-order valence-corrected chi connectivity index (χ2v) is 7.62. The highest BCUT2D eigenvalue weighted by Gasteiger charge is 2.53. The number of carbonyl (C=O) groups is 3. The van der Waals surface area contributed by atoms with Crippen molar-refractivity contribution in [2.24, 2.45) is 5.92 Å². The number of hydrogen-bond acceptors (Lipinski definition) is 3. The first-order valence-corrected chi connectivity index (χ1v) is 9.43. The molecular weight excluding hydrogens is 330 g/mol. The molecule has 0 bridgehead atoms. The molecule has 0 saturated carbocycles. The summed E-state index contributed by atoms with van der Waals surface area (Å²) in [6.45, 7) is 4.48. The molecule has 0 aromatic heterocycles. The largest absolute Gasteiger partial charge is 0.355 e. The lowest BCUT2D eigenvalue weighted by Crippen LogP contribution is -2.45. The number of benzene rings is 1. The van der Waals surface area contributed by atoms with E-state index in [0.29, 0.717) is 18.9 Å². The van der Waals surface area contributed by atoms with Gasteiger partial charge in [0.15, 0.2) is 0 Å². The van der Waals surface area contributed by atoms with Crippen LogP contribution in [0.4, 0.5) is 4.79 Å². The molecule has 1 saturated heterocycles. The van der Waals surface area contributed by atoms with Crippen LogP contribution in [0.2, 0.25) is 0 Å². The number of rotatable bonds is 5. The molecule has 1 aromatic rings. The molecule has 6 heteroatoms. The first-order chi connectivity index (χ1) is 12.4. The highest BCUT2D eigenvalue weighted by Crippen LogP contribution is 2.38. The lowest BCUT2D eigenvalue weighted by molar-refractivity contribution is -0.135. The van der Waals surface area contributed by atoms with Crippen molar-refractivity contribution in [2.75, 3.05) is 13.1 Å². The second kappa shape index (κ2) is 7.48. The molecule has 1 heterocycles. The Morgan fingerprint density at radius 1 is 1.27 bits per heavy atom. The summed E-state index contributed by atoms with van der Waals surface area (Å²) in [6.07, 6.45) is 4.17. The summed E-state index contributed by atoms with van der Waals surface area (Å²) >= 11 is 0. The summed E-state index contributed by atoms with van der Waals surface area (Å²) in [5.41, 5.74) is 0.947. The van der Waals surface area contributed by atoms with E-state index in [2.05, 4.69) is 24.5 Å². The maximum absolute atomic E-state index is 13.2. The molecule has 1 aliphatic heterocycles. The maximum Gasteiger partial charge on any atom is 0.325 e. The molecule has 1 unspecified atom stereocenters. The Kier molecular flexibility index (Phi) is 5.30. The Hall–Kier alpha value is -2.37. The van der Waals surface area contributed by atoms with Gasteiger partial charge < -0.3 is 10.6 Å². The van der Waals surface area contributed by atoms with Gasteiger partial charge in [0.05, 0.1) is 0 Å². The van der Waals surface area contributed by atoms with Gasteiger partial charge >= 0.3 is 6.03 Å². The molecule has 3 rings (SSSR count). The molecule has 140 valence electrons. The topological polar surface area (TPSA) is 78.5 Å².